The van der Waals surface area contributed by atoms with Crippen LogP contribution in [0.4, 0.5) is 0 Å². The molecule has 0 N–H and O–H groups in total. The van der Waals surface area contributed by atoms with Crippen molar-refractivity contribution in [2.45, 2.75) is 45.3 Å². The molecule has 0 radical (unpaired) electrons. The van der Waals surface area contributed by atoms with Crippen LogP contribution in [0.3, 0.4) is 0 Å². The van der Waals surface area contributed by atoms with Gasteiger partial charge in [-0.3, -0.25) is 4.90 Å². The fraction of sp³-hybridized carbons (Fsp3) is 0.562. The Morgan fingerprint density at radius 2 is 1.86 bits per heavy atom. The summed E-state index contributed by atoms with van der Waals surface area (Å²) < 4.78 is 5.43. The average Bonchev–Trinajstić information content (AvgIpc) is 2.42. The van der Waals surface area contributed by atoms with Gasteiger partial charge in [0.25, 0.3) is 0 Å². The van der Waals surface area contributed by atoms with E-state index in [0.29, 0.717) is 10.0 Å². The zero-order valence-corrected chi connectivity index (χ0v) is 14.0. The van der Waals surface area contributed by atoms with E-state index in [2.05, 4.69) is 4.90 Å². The number of esters is 1. The first kappa shape index (κ1) is 16.6. The van der Waals surface area contributed by atoms with Gasteiger partial charge in [0, 0.05) is 10.0 Å². The third-order valence-corrected chi connectivity index (χ3v) is 4.15. The predicted molar refractivity (Wildman–Crippen MR) is 85.9 cm³/mol. The van der Waals surface area contributed by atoms with Gasteiger partial charge in [-0.25, -0.2) is 4.79 Å². The number of benzene rings is 1. The van der Waals surface area contributed by atoms with Gasteiger partial charge in [0.2, 0.25) is 0 Å². The first-order valence-electron chi connectivity index (χ1n) is 7.38. The lowest BCUT2D eigenvalue weighted by Crippen LogP contribution is -2.39. The molecule has 21 heavy (non-hydrogen) atoms. The summed E-state index contributed by atoms with van der Waals surface area (Å²) in [5.41, 5.74) is 0.772. The first-order valence-corrected chi connectivity index (χ1v) is 8.14. The van der Waals surface area contributed by atoms with Crippen molar-refractivity contribution in [2.24, 2.45) is 0 Å². The maximum Gasteiger partial charge on any atom is 0.328 e. The van der Waals surface area contributed by atoms with Crippen molar-refractivity contribution < 1.29 is 9.53 Å². The first-order chi connectivity index (χ1) is 9.99. The van der Waals surface area contributed by atoms with Gasteiger partial charge in [0.05, 0.1) is 6.10 Å². The molecule has 0 bridgehead atoms. The SMILES string of the molecule is CC(C)OC(=O)C(c1ccc(Cl)cc1Cl)N1CCCCC1. The van der Waals surface area contributed by atoms with Crippen LogP contribution in [0.2, 0.25) is 10.0 Å². The highest BCUT2D eigenvalue weighted by atomic mass is 35.5. The molecule has 1 unspecified atom stereocenters. The lowest BCUT2D eigenvalue weighted by atomic mass is 10.0. The third-order valence-electron chi connectivity index (χ3n) is 3.59. The van der Waals surface area contributed by atoms with Gasteiger partial charge in [0.1, 0.15) is 6.04 Å². The van der Waals surface area contributed by atoms with Gasteiger partial charge in [-0.15, -0.1) is 0 Å². The van der Waals surface area contributed by atoms with Gasteiger partial charge in [-0.05, 0) is 57.5 Å². The molecule has 1 aromatic rings. The molecule has 2 rings (SSSR count). The van der Waals surface area contributed by atoms with Crippen LogP contribution in [-0.2, 0) is 9.53 Å². The Morgan fingerprint density at radius 3 is 2.43 bits per heavy atom. The fourth-order valence-corrected chi connectivity index (χ4v) is 3.18. The van der Waals surface area contributed by atoms with Crippen LogP contribution in [0.15, 0.2) is 18.2 Å². The highest BCUT2D eigenvalue weighted by Crippen LogP contribution is 2.32. The maximum atomic E-state index is 12.5. The Labute approximate surface area is 136 Å². The normalized spacial score (nSPS) is 17.8. The number of ether oxygens (including phenoxy) is 1. The van der Waals surface area contributed by atoms with Crippen LogP contribution in [0.1, 0.15) is 44.7 Å². The van der Waals surface area contributed by atoms with Gasteiger partial charge in [0.15, 0.2) is 0 Å². The third kappa shape index (κ3) is 4.35. The average molecular weight is 330 g/mol. The number of likely N-dealkylation sites (tertiary alicyclic amines) is 1. The second-order valence-corrected chi connectivity index (χ2v) is 6.49. The van der Waals surface area contributed by atoms with Gasteiger partial charge >= 0.3 is 5.97 Å². The van der Waals surface area contributed by atoms with E-state index in [-0.39, 0.29) is 12.1 Å². The van der Waals surface area contributed by atoms with Crippen molar-refractivity contribution in [3.8, 4) is 0 Å². The molecule has 1 atom stereocenters. The summed E-state index contributed by atoms with van der Waals surface area (Å²) in [6.45, 7) is 5.48. The molecule has 1 aliphatic heterocycles. The molecule has 116 valence electrons. The molecule has 0 aliphatic carbocycles. The minimum absolute atomic E-state index is 0.143. The Morgan fingerprint density at radius 1 is 1.19 bits per heavy atom. The van der Waals surface area contributed by atoms with Crippen LogP contribution in [0.5, 0.6) is 0 Å². The molecular formula is C16H21Cl2NO2. The van der Waals surface area contributed by atoms with E-state index < -0.39 is 6.04 Å². The van der Waals surface area contributed by atoms with Gasteiger partial charge < -0.3 is 4.74 Å². The molecule has 0 spiro atoms. The Hall–Kier alpha value is -0.770. The second-order valence-electron chi connectivity index (χ2n) is 5.65. The number of nitrogens with zero attached hydrogens (tertiary/aromatic N) is 1. The van der Waals surface area contributed by atoms with E-state index in [1.165, 1.54) is 6.42 Å². The number of piperidine rings is 1. The molecular weight excluding hydrogens is 309 g/mol. The molecule has 1 heterocycles. The zero-order valence-electron chi connectivity index (χ0n) is 12.4. The van der Waals surface area contributed by atoms with E-state index >= 15 is 0 Å². The molecule has 1 aromatic carbocycles. The Kier molecular flexibility index (Phi) is 5.91. The van der Waals surface area contributed by atoms with E-state index in [9.17, 15) is 4.79 Å². The minimum Gasteiger partial charge on any atom is -0.462 e. The van der Waals surface area contributed by atoms with Crippen molar-refractivity contribution in [1.29, 1.82) is 0 Å². The quantitative estimate of drug-likeness (QED) is 0.763. The van der Waals surface area contributed by atoms with Crippen LogP contribution < -0.4 is 0 Å². The van der Waals surface area contributed by atoms with E-state index in [1.807, 2.05) is 19.9 Å². The highest BCUT2D eigenvalue weighted by molar-refractivity contribution is 6.35. The monoisotopic (exact) mass is 329 g/mol. The molecule has 0 amide bonds. The minimum atomic E-state index is -0.447. The zero-order chi connectivity index (χ0) is 15.4. The van der Waals surface area contributed by atoms with E-state index in [1.54, 1.807) is 12.1 Å². The number of rotatable bonds is 4. The van der Waals surface area contributed by atoms with E-state index in [0.717, 1.165) is 31.5 Å². The smallest absolute Gasteiger partial charge is 0.328 e. The Bertz CT molecular complexity index is 499. The highest BCUT2D eigenvalue weighted by Gasteiger charge is 2.32. The molecule has 1 fully saturated rings. The van der Waals surface area contributed by atoms with Crippen molar-refractivity contribution in [3.05, 3.63) is 33.8 Å². The van der Waals surface area contributed by atoms with Crippen LogP contribution >= 0.6 is 23.2 Å². The predicted octanol–water partition coefficient (Wildman–Crippen LogP) is 4.47. The maximum absolute atomic E-state index is 12.5. The summed E-state index contributed by atoms with van der Waals surface area (Å²) in [7, 11) is 0. The van der Waals surface area contributed by atoms with Crippen LogP contribution in [0, 0.1) is 0 Å². The molecule has 0 aromatic heterocycles. The largest absolute Gasteiger partial charge is 0.462 e. The van der Waals surface area contributed by atoms with Crippen molar-refractivity contribution >= 4 is 29.2 Å². The lowest BCUT2D eigenvalue weighted by molar-refractivity contribution is -0.154. The molecule has 3 nitrogen and oxygen atoms in total. The standard InChI is InChI=1S/C16H21Cl2NO2/c1-11(2)21-16(20)15(19-8-4-3-5-9-19)13-7-6-12(17)10-14(13)18/h6-7,10-11,15H,3-5,8-9H2,1-2H3. The van der Waals surface area contributed by atoms with Crippen molar-refractivity contribution in [3.63, 3.8) is 0 Å². The topological polar surface area (TPSA) is 29.5 Å². The van der Waals surface area contributed by atoms with Gasteiger partial charge in [-0.1, -0.05) is 35.7 Å². The van der Waals surface area contributed by atoms with Crippen molar-refractivity contribution in [2.75, 3.05) is 13.1 Å². The number of hydrogen-bond donors (Lipinski definition) is 0. The van der Waals surface area contributed by atoms with Gasteiger partial charge in [-0.2, -0.15) is 0 Å². The Balaban J connectivity index is 2.31. The lowest BCUT2D eigenvalue weighted by Gasteiger charge is -2.34. The number of carbonyl (C=O) groups is 1. The van der Waals surface area contributed by atoms with Crippen LogP contribution in [0.25, 0.3) is 0 Å². The van der Waals surface area contributed by atoms with Crippen LogP contribution in [-0.4, -0.2) is 30.1 Å². The molecule has 1 saturated heterocycles. The number of halogens is 2. The summed E-state index contributed by atoms with van der Waals surface area (Å²) >= 11 is 12.3. The summed E-state index contributed by atoms with van der Waals surface area (Å²) in [5.74, 6) is -0.240. The molecule has 5 heteroatoms. The second kappa shape index (κ2) is 7.48. The number of carbonyl (C=O) groups excluding carboxylic acids is 1. The summed E-state index contributed by atoms with van der Waals surface area (Å²) in [4.78, 5) is 14.7. The van der Waals surface area contributed by atoms with E-state index in [4.69, 9.17) is 27.9 Å². The number of hydrogen-bond acceptors (Lipinski definition) is 3. The molecule has 1 aliphatic rings. The summed E-state index contributed by atoms with van der Waals surface area (Å²) in [5, 5.41) is 1.08. The van der Waals surface area contributed by atoms with Crippen molar-refractivity contribution in [1.82, 2.24) is 4.90 Å². The summed E-state index contributed by atoms with van der Waals surface area (Å²) in [6.07, 6.45) is 3.25. The summed E-state index contributed by atoms with van der Waals surface area (Å²) in [6, 6.07) is 4.82. The fourth-order valence-electron chi connectivity index (χ4n) is 2.67. The molecule has 0 saturated carbocycles.